The molecule has 0 saturated heterocycles. The monoisotopic (exact) mass is 205 g/mol. The lowest BCUT2D eigenvalue weighted by Gasteiger charge is -2.32. The lowest BCUT2D eigenvalue weighted by atomic mass is 9.79. The molecular formula is C14H23N. The standard InChI is InChI=1S/C14H23N/c1-2-3-7-15-14-9-10-8-13(14)12-6-4-5-11(10)12/h2,10-15H,1,3-9H2. The Morgan fingerprint density at radius 2 is 2.00 bits per heavy atom. The average molecular weight is 205 g/mol. The molecule has 1 heteroatoms. The SMILES string of the molecule is C=CCCNC1CC2CC1C1CCCC21. The highest BCUT2D eigenvalue weighted by Gasteiger charge is 2.53. The fraction of sp³-hybridized carbons (Fsp3) is 0.857. The maximum absolute atomic E-state index is 3.79. The molecule has 84 valence electrons. The Morgan fingerprint density at radius 1 is 1.13 bits per heavy atom. The van der Waals surface area contributed by atoms with Gasteiger partial charge in [0.05, 0.1) is 0 Å². The van der Waals surface area contributed by atoms with Gasteiger partial charge in [0.25, 0.3) is 0 Å². The largest absolute Gasteiger partial charge is 0.313 e. The van der Waals surface area contributed by atoms with Crippen molar-refractivity contribution in [3.63, 3.8) is 0 Å². The van der Waals surface area contributed by atoms with Gasteiger partial charge in [-0.1, -0.05) is 12.5 Å². The molecule has 1 N–H and O–H groups in total. The summed E-state index contributed by atoms with van der Waals surface area (Å²) in [5.41, 5.74) is 0. The summed E-state index contributed by atoms with van der Waals surface area (Å²) in [6.45, 7) is 4.93. The van der Waals surface area contributed by atoms with Crippen molar-refractivity contribution in [3.8, 4) is 0 Å². The third-order valence-electron chi connectivity index (χ3n) is 5.18. The predicted molar refractivity (Wildman–Crippen MR) is 63.6 cm³/mol. The Balaban J connectivity index is 1.58. The van der Waals surface area contributed by atoms with Gasteiger partial charge >= 0.3 is 0 Å². The number of fused-ring (bicyclic) bond motifs is 5. The number of hydrogen-bond acceptors (Lipinski definition) is 1. The molecule has 3 saturated carbocycles. The second-order valence-electron chi connectivity index (χ2n) is 5.79. The molecule has 0 heterocycles. The number of hydrogen-bond donors (Lipinski definition) is 1. The highest BCUT2D eigenvalue weighted by molar-refractivity contribution is 5.05. The molecule has 3 aliphatic rings. The average Bonchev–Trinajstić information content (AvgIpc) is 2.89. The summed E-state index contributed by atoms with van der Waals surface area (Å²) >= 11 is 0. The summed E-state index contributed by atoms with van der Waals surface area (Å²) in [5, 5.41) is 3.76. The second-order valence-corrected chi connectivity index (χ2v) is 5.79. The van der Waals surface area contributed by atoms with Crippen LogP contribution in [0.4, 0.5) is 0 Å². The summed E-state index contributed by atoms with van der Waals surface area (Å²) in [6, 6.07) is 0.856. The molecule has 0 amide bonds. The van der Waals surface area contributed by atoms with Crippen molar-refractivity contribution in [2.24, 2.45) is 23.7 Å². The van der Waals surface area contributed by atoms with E-state index in [-0.39, 0.29) is 0 Å². The lowest BCUT2D eigenvalue weighted by molar-refractivity contribution is 0.210. The smallest absolute Gasteiger partial charge is 0.0101 e. The van der Waals surface area contributed by atoms with Crippen LogP contribution in [0.3, 0.4) is 0 Å². The summed E-state index contributed by atoms with van der Waals surface area (Å²) in [4.78, 5) is 0. The fourth-order valence-electron chi connectivity index (χ4n) is 4.67. The maximum Gasteiger partial charge on any atom is 0.0101 e. The molecule has 2 bridgehead atoms. The lowest BCUT2D eigenvalue weighted by Crippen LogP contribution is -2.39. The van der Waals surface area contributed by atoms with Gasteiger partial charge in [-0.3, -0.25) is 0 Å². The van der Waals surface area contributed by atoms with Gasteiger partial charge in [-0.2, -0.15) is 0 Å². The van der Waals surface area contributed by atoms with E-state index in [0.29, 0.717) is 0 Å². The van der Waals surface area contributed by atoms with E-state index < -0.39 is 0 Å². The van der Waals surface area contributed by atoms with Crippen LogP contribution in [0, 0.1) is 23.7 Å². The van der Waals surface area contributed by atoms with E-state index in [4.69, 9.17) is 0 Å². The third kappa shape index (κ3) is 1.56. The highest BCUT2D eigenvalue weighted by atomic mass is 14.9. The zero-order valence-electron chi connectivity index (χ0n) is 9.62. The van der Waals surface area contributed by atoms with E-state index in [2.05, 4.69) is 11.9 Å². The van der Waals surface area contributed by atoms with Crippen molar-refractivity contribution in [3.05, 3.63) is 12.7 Å². The molecule has 0 aromatic carbocycles. The second kappa shape index (κ2) is 3.93. The van der Waals surface area contributed by atoms with Crippen LogP contribution in [0.2, 0.25) is 0 Å². The summed E-state index contributed by atoms with van der Waals surface area (Å²) < 4.78 is 0. The van der Waals surface area contributed by atoms with Crippen molar-refractivity contribution >= 4 is 0 Å². The van der Waals surface area contributed by atoms with Crippen LogP contribution < -0.4 is 5.32 Å². The quantitative estimate of drug-likeness (QED) is 0.549. The van der Waals surface area contributed by atoms with Crippen LogP contribution in [0.25, 0.3) is 0 Å². The first kappa shape index (κ1) is 9.89. The van der Waals surface area contributed by atoms with Crippen LogP contribution >= 0.6 is 0 Å². The van der Waals surface area contributed by atoms with Crippen LogP contribution in [-0.4, -0.2) is 12.6 Å². The molecule has 0 aromatic heterocycles. The van der Waals surface area contributed by atoms with Crippen molar-refractivity contribution in [1.82, 2.24) is 5.32 Å². The fourth-order valence-corrected chi connectivity index (χ4v) is 4.67. The first-order valence-electron chi connectivity index (χ1n) is 6.74. The Kier molecular flexibility index (Phi) is 2.59. The first-order chi connectivity index (χ1) is 7.40. The zero-order valence-corrected chi connectivity index (χ0v) is 9.62. The van der Waals surface area contributed by atoms with Crippen molar-refractivity contribution in [2.45, 2.75) is 44.6 Å². The molecule has 0 radical (unpaired) electrons. The molecule has 15 heavy (non-hydrogen) atoms. The van der Waals surface area contributed by atoms with Crippen LogP contribution in [0.5, 0.6) is 0 Å². The van der Waals surface area contributed by atoms with Crippen LogP contribution in [-0.2, 0) is 0 Å². The normalized spacial score (nSPS) is 47.1. The molecular weight excluding hydrogens is 182 g/mol. The number of nitrogens with one attached hydrogen (secondary N) is 1. The minimum atomic E-state index is 0.856. The van der Waals surface area contributed by atoms with Gasteiger partial charge in [0.15, 0.2) is 0 Å². The molecule has 0 spiro atoms. The van der Waals surface area contributed by atoms with Gasteiger partial charge in [0, 0.05) is 6.04 Å². The summed E-state index contributed by atoms with van der Waals surface area (Å²) in [5.74, 6) is 4.36. The predicted octanol–water partition coefficient (Wildman–Crippen LogP) is 2.98. The Labute approximate surface area is 93.3 Å². The summed E-state index contributed by atoms with van der Waals surface area (Å²) in [7, 11) is 0. The van der Waals surface area contributed by atoms with Crippen molar-refractivity contribution in [2.75, 3.05) is 6.54 Å². The molecule has 1 nitrogen and oxygen atoms in total. The molecule has 3 fully saturated rings. The molecule has 0 aromatic rings. The van der Waals surface area contributed by atoms with E-state index in [1.54, 1.807) is 12.8 Å². The number of rotatable bonds is 4. The van der Waals surface area contributed by atoms with E-state index in [1.807, 2.05) is 6.08 Å². The topological polar surface area (TPSA) is 12.0 Å². The van der Waals surface area contributed by atoms with Crippen molar-refractivity contribution in [1.29, 1.82) is 0 Å². The first-order valence-corrected chi connectivity index (χ1v) is 6.74. The van der Waals surface area contributed by atoms with Crippen molar-refractivity contribution < 1.29 is 0 Å². The minimum Gasteiger partial charge on any atom is -0.313 e. The summed E-state index contributed by atoms with van der Waals surface area (Å²) in [6.07, 6.45) is 10.8. The van der Waals surface area contributed by atoms with Gasteiger partial charge in [0.1, 0.15) is 0 Å². The van der Waals surface area contributed by atoms with Gasteiger partial charge in [-0.25, -0.2) is 0 Å². The molecule has 5 unspecified atom stereocenters. The van der Waals surface area contributed by atoms with E-state index in [9.17, 15) is 0 Å². The molecule has 5 atom stereocenters. The van der Waals surface area contributed by atoms with Crippen LogP contribution in [0.1, 0.15) is 38.5 Å². The minimum absolute atomic E-state index is 0.856. The maximum atomic E-state index is 3.79. The van der Waals surface area contributed by atoms with Gasteiger partial charge < -0.3 is 5.32 Å². The van der Waals surface area contributed by atoms with Gasteiger partial charge in [-0.05, 0) is 62.3 Å². The highest BCUT2D eigenvalue weighted by Crippen LogP contribution is 2.58. The van der Waals surface area contributed by atoms with Gasteiger partial charge in [-0.15, -0.1) is 6.58 Å². The molecule has 3 rings (SSSR count). The molecule has 0 aliphatic heterocycles. The zero-order chi connectivity index (χ0) is 10.3. The van der Waals surface area contributed by atoms with Crippen LogP contribution in [0.15, 0.2) is 12.7 Å². The van der Waals surface area contributed by atoms with E-state index in [0.717, 1.165) is 42.7 Å². The van der Waals surface area contributed by atoms with E-state index >= 15 is 0 Å². The Hall–Kier alpha value is -0.300. The third-order valence-corrected chi connectivity index (χ3v) is 5.18. The van der Waals surface area contributed by atoms with E-state index in [1.165, 1.54) is 19.3 Å². The Morgan fingerprint density at radius 3 is 2.87 bits per heavy atom. The van der Waals surface area contributed by atoms with Gasteiger partial charge in [0.2, 0.25) is 0 Å². The molecule has 3 aliphatic carbocycles. The Bertz CT molecular complexity index is 248.